The van der Waals surface area contributed by atoms with E-state index in [9.17, 15) is 0 Å². The van der Waals surface area contributed by atoms with Gasteiger partial charge >= 0.3 is 0 Å². The van der Waals surface area contributed by atoms with Crippen LogP contribution in [0, 0.1) is 6.92 Å². The Hall–Kier alpha value is -3.67. The molecule has 6 heteroatoms. The van der Waals surface area contributed by atoms with E-state index < -0.39 is 0 Å². The normalized spacial score (nSPS) is 13.8. The molecule has 0 bridgehead atoms. The summed E-state index contributed by atoms with van der Waals surface area (Å²) in [4.78, 5) is 9.42. The van der Waals surface area contributed by atoms with Gasteiger partial charge < -0.3 is 14.0 Å². The van der Waals surface area contributed by atoms with Crippen LogP contribution in [0.1, 0.15) is 60.9 Å². The molecule has 0 N–H and O–H groups in total. The molecule has 1 aliphatic rings. The van der Waals surface area contributed by atoms with Gasteiger partial charge in [0.15, 0.2) is 0 Å². The molecule has 6 nitrogen and oxygen atoms in total. The number of ether oxygens (including phenoxy) is 2. The van der Waals surface area contributed by atoms with Crippen LogP contribution in [0.2, 0.25) is 0 Å². The van der Waals surface area contributed by atoms with Crippen molar-refractivity contribution in [3.05, 3.63) is 77.0 Å². The quantitative estimate of drug-likeness (QED) is 0.279. The van der Waals surface area contributed by atoms with Crippen molar-refractivity contribution in [3.63, 3.8) is 0 Å². The van der Waals surface area contributed by atoms with E-state index in [4.69, 9.17) is 19.0 Å². The minimum Gasteiger partial charge on any atom is -0.488 e. The third kappa shape index (κ3) is 5.06. The fraction of sp³-hybridized carbons (Fsp3) is 0.345. The van der Waals surface area contributed by atoms with Gasteiger partial charge in [0.1, 0.15) is 12.4 Å². The molecule has 0 spiro atoms. The first-order chi connectivity index (χ1) is 17.1. The molecule has 0 aliphatic heterocycles. The summed E-state index contributed by atoms with van der Waals surface area (Å²) in [6, 6.07) is 18.3. The lowest BCUT2D eigenvalue weighted by molar-refractivity contribution is 0.301. The topological polar surface area (TPSA) is 70.3 Å². The van der Waals surface area contributed by atoms with Crippen LogP contribution in [-0.2, 0) is 13.0 Å². The van der Waals surface area contributed by atoms with Crippen LogP contribution in [-0.4, -0.2) is 22.2 Å². The summed E-state index contributed by atoms with van der Waals surface area (Å²) < 4.78 is 17.4. The number of aryl methyl sites for hydroxylation is 2. The van der Waals surface area contributed by atoms with Gasteiger partial charge in [-0.25, -0.2) is 4.98 Å². The van der Waals surface area contributed by atoms with Crippen molar-refractivity contribution >= 4 is 0 Å². The number of hydrogen-bond acceptors (Lipinski definition) is 6. The Labute approximate surface area is 206 Å². The Balaban J connectivity index is 1.42. The van der Waals surface area contributed by atoms with Gasteiger partial charge in [-0.3, -0.25) is 0 Å². The minimum absolute atomic E-state index is 0.466. The average Bonchev–Trinajstić information content (AvgIpc) is 3.61. The summed E-state index contributed by atoms with van der Waals surface area (Å²) in [6.07, 6.45) is 5.65. The zero-order valence-electron chi connectivity index (χ0n) is 20.6. The van der Waals surface area contributed by atoms with Crippen LogP contribution >= 0.6 is 0 Å². The highest BCUT2D eigenvalue weighted by Crippen LogP contribution is 2.36. The summed E-state index contributed by atoms with van der Waals surface area (Å²) in [7, 11) is 1.64. The summed E-state index contributed by atoms with van der Waals surface area (Å²) in [6.45, 7) is 4.72. The fourth-order valence-electron chi connectivity index (χ4n) is 4.82. The van der Waals surface area contributed by atoms with Crippen molar-refractivity contribution in [1.29, 1.82) is 0 Å². The lowest BCUT2D eigenvalue weighted by Gasteiger charge is -2.14. The Bertz CT molecular complexity index is 1290. The number of hydrogen-bond donors (Lipinski definition) is 0. The van der Waals surface area contributed by atoms with Gasteiger partial charge in [-0.2, -0.15) is 4.98 Å². The van der Waals surface area contributed by atoms with E-state index >= 15 is 0 Å². The Morgan fingerprint density at radius 3 is 2.51 bits per heavy atom. The maximum atomic E-state index is 6.21. The maximum Gasteiger partial charge on any atom is 0.258 e. The average molecular weight is 470 g/mol. The van der Waals surface area contributed by atoms with Gasteiger partial charge in [0.05, 0.1) is 7.11 Å². The highest BCUT2D eigenvalue weighted by molar-refractivity contribution is 5.64. The Morgan fingerprint density at radius 2 is 1.77 bits per heavy atom. The molecule has 0 unspecified atom stereocenters. The van der Waals surface area contributed by atoms with Gasteiger partial charge in [0, 0.05) is 28.8 Å². The first-order valence-electron chi connectivity index (χ1n) is 12.3. The summed E-state index contributed by atoms with van der Waals surface area (Å²) in [5.74, 6) is 3.00. The zero-order chi connectivity index (χ0) is 24.2. The Kier molecular flexibility index (Phi) is 6.80. The third-order valence-electron chi connectivity index (χ3n) is 6.69. The number of nitrogens with zero attached hydrogens (tertiary/aromatic N) is 3. The van der Waals surface area contributed by atoms with Crippen molar-refractivity contribution in [3.8, 4) is 34.5 Å². The molecular formula is C29H31N3O3. The molecule has 4 aromatic rings. The minimum atomic E-state index is 0.466. The van der Waals surface area contributed by atoms with Gasteiger partial charge in [-0.15, -0.1) is 0 Å². The molecular weight excluding hydrogens is 438 g/mol. The predicted molar refractivity (Wildman–Crippen MR) is 136 cm³/mol. The van der Waals surface area contributed by atoms with Gasteiger partial charge in [0.2, 0.25) is 11.7 Å². The molecule has 2 heterocycles. The van der Waals surface area contributed by atoms with Crippen LogP contribution in [0.25, 0.3) is 22.8 Å². The molecule has 180 valence electrons. The fourth-order valence-corrected chi connectivity index (χ4v) is 4.82. The van der Waals surface area contributed by atoms with E-state index in [0.717, 1.165) is 58.5 Å². The van der Waals surface area contributed by atoms with Crippen LogP contribution in [0.4, 0.5) is 0 Å². The molecule has 1 aliphatic carbocycles. The molecule has 0 amide bonds. The van der Waals surface area contributed by atoms with Crippen LogP contribution in [0.3, 0.4) is 0 Å². The number of methoxy groups -OCH3 is 1. The predicted octanol–water partition coefficient (Wildman–Crippen LogP) is 6.91. The van der Waals surface area contributed by atoms with Crippen molar-refractivity contribution < 1.29 is 14.0 Å². The summed E-state index contributed by atoms with van der Waals surface area (Å²) in [5.41, 5.74) is 6.11. The van der Waals surface area contributed by atoms with E-state index in [1.165, 1.54) is 12.8 Å². The molecule has 0 saturated heterocycles. The number of benzene rings is 2. The van der Waals surface area contributed by atoms with E-state index in [1.807, 2.05) is 30.3 Å². The van der Waals surface area contributed by atoms with E-state index in [-0.39, 0.29) is 0 Å². The molecule has 2 aromatic carbocycles. The Morgan fingerprint density at radius 1 is 0.971 bits per heavy atom. The first-order valence-corrected chi connectivity index (χ1v) is 12.3. The van der Waals surface area contributed by atoms with E-state index in [2.05, 4.69) is 48.3 Å². The summed E-state index contributed by atoms with van der Waals surface area (Å²) in [5, 5.41) is 4.29. The highest BCUT2D eigenvalue weighted by atomic mass is 16.5. The molecule has 1 saturated carbocycles. The van der Waals surface area contributed by atoms with Crippen molar-refractivity contribution in [2.45, 2.75) is 58.5 Å². The number of rotatable bonds is 8. The van der Waals surface area contributed by atoms with Crippen molar-refractivity contribution in [2.75, 3.05) is 7.11 Å². The van der Waals surface area contributed by atoms with E-state index in [0.29, 0.717) is 30.1 Å². The maximum absolute atomic E-state index is 6.21. The molecule has 5 rings (SSSR count). The lowest BCUT2D eigenvalue weighted by atomic mass is 10.0. The summed E-state index contributed by atoms with van der Waals surface area (Å²) >= 11 is 0. The SMILES string of the molecule is CCc1cc(-c2nc(-c3cc(OC)nc(C4CCCC4)c3)no2)cc(C)c1OCc1ccccc1. The van der Waals surface area contributed by atoms with E-state index in [1.54, 1.807) is 7.11 Å². The zero-order valence-corrected chi connectivity index (χ0v) is 20.6. The van der Waals surface area contributed by atoms with Crippen LogP contribution in [0.15, 0.2) is 59.1 Å². The molecule has 0 atom stereocenters. The third-order valence-corrected chi connectivity index (χ3v) is 6.69. The first kappa shape index (κ1) is 23.1. The van der Waals surface area contributed by atoms with Gasteiger partial charge in [0.25, 0.3) is 5.89 Å². The smallest absolute Gasteiger partial charge is 0.258 e. The largest absolute Gasteiger partial charge is 0.488 e. The molecule has 1 fully saturated rings. The molecule has 2 aromatic heterocycles. The van der Waals surface area contributed by atoms with Gasteiger partial charge in [-0.1, -0.05) is 55.3 Å². The second kappa shape index (κ2) is 10.3. The van der Waals surface area contributed by atoms with Crippen molar-refractivity contribution in [2.24, 2.45) is 0 Å². The number of aromatic nitrogens is 3. The molecule has 35 heavy (non-hydrogen) atoms. The lowest BCUT2D eigenvalue weighted by Crippen LogP contribution is -2.01. The number of pyridine rings is 1. The standard InChI is InChI=1S/C29H31N3O3/c1-4-21-15-24(14-19(2)27(21)34-18-20-10-6-5-7-11-20)29-31-28(32-35-29)23-16-25(22-12-8-9-13-22)30-26(17-23)33-3/h5-7,10-11,14-17,22H,4,8-9,12-13,18H2,1-3H3. The van der Waals surface area contributed by atoms with Crippen LogP contribution < -0.4 is 9.47 Å². The highest BCUT2D eigenvalue weighted by Gasteiger charge is 2.22. The molecule has 0 radical (unpaired) electrons. The van der Waals surface area contributed by atoms with Crippen molar-refractivity contribution in [1.82, 2.24) is 15.1 Å². The second-order valence-electron chi connectivity index (χ2n) is 9.14. The monoisotopic (exact) mass is 469 g/mol. The van der Waals surface area contributed by atoms with Gasteiger partial charge in [-0.05, 0) is 61.1 Å². The van der Waals surface area contributed by atoms with Crippen LogP contribution in [0.5, 0.6) is 11.6 Å². The second-order valence-corrected chi connectivity index (χ2v) is 9.14.